The molecule has 2 fully saturated rings. The fraction of sp³-hybridized carbons (Fsp3) is 0.538. The van der Waals surface area contributed by atoms with Crippen molar-refractivity contribution in [1.82, 2.24) is 0 Å². The van der Waals surface area contributed by atoms with Crippen molar-refractivity contribution in [2.24, 2.45) is 0 Å². The number of nitrogens with zero attached hydrogens (tertiary/aromatic N) is 1. The van der Waals surface area contributed by atoms with Gasteiger partial charge in [0.25, 0.3) is 0 Å². The van der Waals surface area contributed by atoms with E-state index in [0.29, 0.717) is 16.8 Å². The van der Waals surface area contributed by atoms with Crippen molar-refractivity contribution in [3.05, 3.63) is 47.5 Å². The van der Waals surface area contributed by atoms with Crippen LogP contribution in [0.5, 0.6) is 0 Å². The standard InChI is InChI=1S/C26H36NO3P/c1-27(2)24-16-10-9-15-22(24)23-18-17-21(19-11-5-3-6-12-19)25(26(23)31(28,29)30)20-13-7-4-8-14-20/h9-10,15-20H,3-8,11-14H2,1-2H3,(H2,28,29,30). The van der Waals surface area contributed by atoms with Gasteiger partial charge in [0.15, 0.2) is 0 Å². The van der Waals surface area contributed by atoms with Gasteiger partial charge in [-0.25, -0.2) is 0 Å². The molecular formula is C26H36NO3P. The van der Waals surface area contributed by atoms with E-state index in [9.17, 15) is 14.4 Å². The van der Waals surface area contributed by atoms with Crippen LogP contribution in [0.15, 0.2) is 36.4 Å². The lowest BCUT2D eigenvalue weighted by Crippen LogP contribution is -2.24. The molecule has 2 aromatic rings. The lowest BCUT2D eigenvalue weighted by atomic mass is 9.75. The first-order valence-corrected chi connectivity index (χ1v) is 13.5. The topological polar surface area (TPSA) is 60.8 Å². The van der Waals surface area contributed by atoms with Crippen LogP contribution >= 0.6 is 7.60 Å². The van der Waals surface area contributed by atoms with Crippen LogP contribution in [0, 0.1) is 0 Å². The third-order valence-corrected chi connectivity index (χ3v) is 8.34. The summed E-state index contributed by atoms with van der Waals surface area (Å²) in [7, 11) is -0.511. The zero-order valence-corrected chi connectivity index (χ0v) is 19.8. The van der Waals surface area contributed by atoms with Gasteiger partial charge in [0.1, 0.15) is 0 Å². The Morgan fingerprint density at radius 2 is 1.35 bits per heavy atom. The van der Waals surface area contributed by atoms with Crippen molar-refractivity contribution >= 4 is 18.6 Å². The largest absolute Gasteiger partial charge is 0.377 e. The van der Waals surface area contributed by atoms with Crippen molar-refractivity contribution in [1.29, 1.82) is 0 Å². The average molecular weight is 442 g/mol. The van der Waals surface area contributed by atoms with Gasteiger partial charge in [-0.3, -0.25) is 4.57 Å². The zero-order valence-electron chi connectivity index (χ0n) is 18.9. The molecule has 2 N–H and O–H groups in total. The maximum atomic E-state index is 13.1. The van der Waals surface area contributed by atoms with Crippen molar-refractivity contribution < 1.29 is 14.4 Å². The number of benzene rings is 2. The molecule has 2 aromatic carbocycles. The summed E-state index contributed by atoms with van der Waals surface area (Å²) < 4.78 is 13.1. The van der Waals surface area contributed by atoms with Gasteiger partial charge in [0.2, 0.25) is 0 Å². The molecule has 0 heterocycles. The lowest BCUT2D eigenvalue weighted by molar-refractivity contribution is 0.384. The van der Waals surface area contributed by atoms with E-state index in [1.54, 1.807) is 0 Å². The fourth-order valence-corrected chi connectivity index (χ4v) is 6.97. The van der Waals surface area contributed by atoms with Crippen molar-refractivity contribution in [3.63, 3.8) is 0 Å². The molecule has 0 saturated heterocycles. The molecule has 31 heavy (non-hydrogen) atoms. The van der Waals surface area contributed by atoms with Crippen LogP contribution in [-0.2, 0) is 4.57 Å². The Hall–Kier alpha value is -1.61. The summed E-state index contributed by atoms with van der Waals surface area (Å²) in [6.07, 6.45) is 11.6. The van der Waals surface area contributed by atoms with Crippen LogP contribution in [0.3, 0.4) is 0 Å². The Morgan fingerprint density at radius 1 is 0.774 bits per heavy atom. The summed E-state index contributed by atoms with van der Waals surface area (Å²) >= 11 is 0. The molecule has 0 aromatic heterocycles. The predicted molar refractivity (Wildman–Crippen MR) is 130 cm³/mol. The Labute approximate surface area is 186 Å². The van der Waals surface area contributed by atoms with E-state index < -0.39 is 7.60 Å². The number of anilines is 1. The maximum Gasteiger partial charge on any atom is 0.357 e. The molecule has 0 amide bonds. The highest BCUT2D eigenvalue weighted by molar-refractivity contribution is 7.60. The summed E-state index contributed by atoms with van der Waals surface area (Å²) in [6, 6.07) is 12.2. The van der Waals surface area contributed by atoms with E-state index >= 15 is 0 Å². The van der Waals surface area contributed by atoms with Crippen LogP contribution in [0.1, 0.15) is 87.2 Å². The minimum atomic E-state index is -4.47. The Balaban J connectivity index is 1.98. The normalized spacial score (nSPS) is 18.8. The molecule has 4 rings (SSSR count). The lowest BCUT2D eigenvalue weighted by Gasteiger charge is -2.33. The molecule has 168 valence electrons. The molecular weight excluding hydrogens is 405 g/mol. The van der Waals surface area contributed by atoms with Gasteiger partial charge in [-0.2, -0.15) is 0 Å². The van der Waals surface area contributed by atoms with E-state index in [1.807, 2.05) is 49.3 Å². The van der Waals surface area contributed by atoms with Gasteiger partial charge < -0.3 is 14.7 Å². The van der Waals surface area contributed by atoms with E-state index in [1.165, 1.54) is 31.2 Å². The summed E-state index contributed by atoms with van der Waals surface area (Å²) in [4.78, 5) is 23.4. The first-order chi connectivity index (χ1) is 14.9. The van der Waals surface area contributed by atoms with Crippen LogP contribution in [0.2, 0.25) is 0 Å². The summed E-state index contributed by atoms with van der Waals surface area (Å²) in [5.41, 5.74) is 4.80. The minimum absolute atomic E-state index is 0.250. The van der Waals surface area contributed by atoms with Crippen molar-refractivity contribution in [2.75, 3.05) is 19.0 Å². The highest BCUT2D eigenvalue weighted by atomic mass is 31.2. The molecule has 5 heteroatoms. The van der Waals surface area contributed by atoms with Crippen LogP contribution in [0.4, 0.5) is 5.69 Å². The highest BCUT2D eigenvalue weighted by Gasteiger charge is 2.35. The first kappa shape index (κ1) is 22.6. The summed E-state index contributed by atoms with van der Waals surface area (Å²) in [5, 5.41) is 0.303. The minimum Gasteiger partial charge on any atom is -0.377 e. The first-order valence-electron chi connectivity index (χ1n) is 11.9. The molecule has 0 aliphatic heterocycles. The SMILES string of the molecule is CN(C)c1ccccc1-c1ccc(C2CCCCC2)c(C2CCCCC2)c1P(=O)(O)O. The maximum absolute atomic E-state index is 13.1. The quantitative estimate of drug-likeness (QED) is 0.533. The van der Waals surface area contributed by atoms with Crippen LogP contribution in [-0.4, -0.2) is 23.9 Å². The molecule has 0 spiro atoms. The predicted octanol–water partition coefficient (Wildman–Crippen LogP) is 6.32. The second-order valence-electron chi connectivity index (χ2n) is 9.59. The van der Waals surface area contributed by atoms with Crippen LogP contribution in [0.25, 0.3) is 11.1 Å². The molecule has 2 aliphatic carbocycles. The molecule has 0 atom stereocenters. The Morgan fingerprint density at radius 3 is 1.94 bits per heavy atom. The molecule has 0 bridgehead atoms. The Kier molecular flexibility index (Phi) is 6.91. The summed E-state index contributed by atoms with van der Waals surface area (Å²) in [6.45, 7) is 0. The van der Waals surface area contributed by atoms with Gasteiger partial charge in [-0.05, 0) is 60.3 Å². The molecule has 0 radical (unpaired) electrons. The van der Waals surface area contributed by atoms with Gasteiger partial charge in [0, 0.05) is 25.3 Å². The number of hydrogen-bond donors (Lipinski definition) is 2. The smallest absolute Gasteiger partial charge is 0.357 e. The van der Waals surface area contributed by atoms with Crippen LogP contribution < -0.4 is 10.2 Å². The monoisotopic (exact) mass is 441 g/mol. The Bertz CT molecular complexity index is 953. The molecule has 2 saturated carbocycles. The fourth-order valence-electron chi connectivity index (χ4n) is 5.84. The molecule has 2 aliphatic rings. The average Bonchev–Trinajstić information content (AvgIpc) is 2.78. The van der Waals surface area contributed by atoms with Gasteiger partial charge in [-0.15, -0.1) is 0 Å². The van der Waals surface area contributed by atoms with E-state index in [-0.39, 0.29) is 5.92 Å². The second kappa shape index (κ2) is 9.48. The zero-order chi connectivity index (χ0) is 22.0. The second-order valence-corrected chi connectivity index (χ2v) is 11.1. The van der Waals surface area contributed by atoms with Crippen molar-refractivity contribution in [3.8, 4) is 11.1 Å². The number of rotatable bonds is 5. The number of para-hydroxylation sites is 1. The van der Waals surface area contributed by atoms with Gasteiger partial charge in [-0.1, -0.05) is 68.9 Å². The van der Waals surface area contributed by atoms with Crippen molar-refractivity contribution in [2.45, 2.75) is 76.0 Å². The highest BCUT2D eigenvalue weighted by Crippen LogP contribution is 2.49. The van der Waals surface area contributed by atoms with E-state index in [4.69, 9.17) is 0 Å². The summed E-state index contributed by atoms with van der Waals surface area (Å²) in [5.74, 6) is 0.675. The third kappa shape index (κ3) is 4.77. The van der Waals surface area contributed by atoms with Gasteiger partial charge in [0.05, 0.1) is 5.30 Å². The van der Waals surface area contributed by atoms with E-state index in [2.05, 4.69) is 6.07 Å². The van der Waals surface area contributed by atoms with Gasteiger partial charge >= 0.3 is 7.60 Å². The third-order valence-electron chi connectivity index (χ3n) is 7.28. The number of hydrogen-bond acceptors (Lipinski definition) is 2. The molecule has 4 nitrogen and oxygen atoms in total. The van der Waals surface area contributed by atoms with E-state index in [0.717, 1.165) is 55.3 Å². The molecule has 0 unspecified atom stereocenters.